The molecule has 1 amide bonds. The zero-order chi connectivity index (χ0) is 23.1. The van der Waals surface area contributed by atoms with Crippen LogP contribution >= 0.6 is 23.2 Å². The predicted molar refractivity (Wildman–Crippen MR) is 117 cm³/mol. The number of amides is 1. The Morgan fingerprint density at radius 1 is 0.935 bits per heavy atom. The van der Waals surface area contributed by atoms with E-state index in [-0.39, 0.29) is 32.9 Å². The van der Waals surface area contributed by atoms with E-state index < -0.39 is 17.7 Å². The van der Waals surface area contributed by atoms with Crippen molar-refractivity contribution in [1.29, 1.82) is 0 Å². The van der Waals surface area contributed by atoms with E-state index in [1.807, 2.05) is 0 Å². The maximum atomic E-state index is 12.8. The van der Waals surface area contributed by atoms with E-state index in [2.05, 4.69) is 15.5 Å². The number of benzene rings is 2. The standard InChI is InChI=1S/C20H21Cl2N3O6/c1-10(26)16(25-24-14-9-11(28-2)8-13(22)18(14)30-4)20(27)23-17-12(21)6-7-15(29-3)19(17)31-5/h6-9,16H,1-5H3,(H,23,27). The second-order valence-corrected chi connectivity index (χ2v) is 6.85. The third kappa shape index (κ3) is 5.56. The van der Waals surface area contributed by atoms with Gasteiger partial charge in [0, 0.05) is 12.1 Å². The molecule has 1 N–H and O–H groups in total. The molecule has 0 saturated heterocycles. The van der Waals surface area contributed by atoms with Crippen LogP contribution in [0.3, 0.4) is 0 Å². The third-order valence-electron chi connectivity index (χ3n) is 4.09. The topological polar surface area (TPSA) is 108 Å². The fourth-order valence-corrected chi connectivity index (χ4v) is 3.08. The minimum atomic E-state index is -1.47. The number of hydrogen-bond acceptors (Lipinski definition) is 8. The van der Waals surface area contributed by atoms with Crippen LogP contribution in [0.4, 0.5) is 11.4 Å². The molecular weight excluding hydrogens is 449 g/mol. The average molecular weight is 470 g/mol. The van der Waals surface area contributed by atoms with Crippen molar-refractivity contribution in [3.8, 4) is 23.0 Å². The molecule has 2 rings (SSSR count). The number of nitrogens with one attached hydrogen (secondary N) is 1. The summed E-state index contributed by atoms with van der Waals surface area (Å²) in [6, 6.07) is 4.67. The molecule has 0 aromatic heterocycles. The zero-order valence-electron chi connectivity index (χ0n) is 17.5. The van der Waals surface area contributed by atoms with Crippen molar-refractivity contribution in [3.05, 3.63) is 34.3 Å². The highest BCUT2D eigenvalue weighted by Crippen LogP contribution is 2.41. The minimum absolute atomic E-state index is 0.136. The molecule has 0 aliphatic rings. The van der Waals surface area contributed by atoms with Crippen LogP contribution in [0.1, 0.15) is 6.92 Å². The Hall–Kier alpha value is -3.04. The number of Topliss-reactive ketones (excluding diaryl/α,β-unsaturated/α-hetero) is 1. The fourth-order valence-electron chi connectivity index (χ4n) is 2.60. The predicted octanol–water partition coefficient (Wildman–Crippen LogP) is 4.71. The molecule has 11 heteroatoms. The van der Waals surface area contributed by atoms with Gasteiger partial charge in [0.1, 0.15) is 17.1 Å². The van der Waals surface area contributed by atoms with Crippen molar-refractivity contribution in [2.45, 2.75) is 13.0 Å². The number of azo groups is 1. The van der Waals surface area contributed by atoms with Crippen molar-refractivity contribution in [2.75, 3.05) is 33.8 Å². The number of methoxy groups -OCH3 is 4. The molecule has 0 aliphatic heterocycles. The van der Waals surface area contributed by atoms with Gasteiger partial charge in [0.2, 0.25) is 6.04 Å². The van der Waals surface area contributed by atoms with Crippen LogP contribution in [0.5, 0.6) is 23.0 Å². The smallest absolute Gasteiger partial charge is 0.258 e. The molecule has 2 aromatic rings. The van der Waals surface area contributed by atoms with E-state index in [9.17, 15) is 9.59 Å². The Morgan fingerprint density at radius 3 is 2.16 bits per heavy atom. The van der Waals surface area contributed by atoms with Crippen LogP contribution in [0.15, 0.2) is 34.5 Å². The molecule has 9 nitrogen and oxygen atoms in total. The molecular formula is C20H21Cl2N3O6. The third-order valence-corrected chi connectivity index (χ3v) is 4.69. The van der Waals surface area contributed by atoms with Crippen molar-refractivity contribution >= 4 is 46.3 Å². The fraction of sp³-hybridized carbons (Fsp3) is 0.300. The second-order valence-electron chi connectivity index (χ2n) is 6.04. The van der Waals surface area contributed by atoms with Crippen molar-refractivity contribution in [2.24, 2.45) is 10.2 Å². The highest BCUT2D eigenvalue weighted by atomic mass is 35.5. The van der Waals surface area contributed by atoms with Crippen LogP contribution in [0.25, 0.3) is 0 Å². The highest BCUT2D eigenvalue weighted by Gasteiger charge is 2.26. The number of carbonyl (C=O) groups is 2. The van der Waals surface area contributed by atoms with Gasteiger partial charge in [-0.15, -0.1) is 0 Å². The molecule has 0 heterocycles. The number of halogens is 2. The van der Waals surface area contributed by atoms with Crippen molar-refractivity contribution < 1.29 is 28.5 Å². The van der Waals surface area contributed by atoms with Gasteiger partial charge in [-0.25, -0.2) is 0 Å². The number of hydrogen-bond donors (Lipinski definition) is 1. The molecule has 1 atom stereocenters. The van der Waals surface area contributed by atoms with E-state index in [1.165, 1.54) is 53.6 Å². The molecule has 0 spiro atoms. The van der Waals surface area contributed by atoms with E-state index in [1.54, 1.807) is 6.07 Å². The summed E-state index contributed by atoms with van der Waals surface area (Å²) >= 11 is 12.3. The van der Waals surface area contributed by atoms with Gasteiger partial charge in [0.05, 0.1) is 38.5 Å². The molecule has 0 aliphatic carbocycles. The van der Waals surface area contributed by atoms with Gasteiger partial charge in [0.15, 0.2) is 23.0 Å². The van der Waals surface area contributed by atoms with Crippen molar-refractivity contribution in [1.82, 2.24) is 0 Å². The molecule has 2 aromatic carbocycles. The normalized spacial score (nSPS) is 11.7. The van der Waals surface area contributed by atoms with E-state index in [4.69, 9.17) is 42.1 Å². The first-order valence-electron chi connectivity index (χ1n) is 8.81. The van der Waals surface area contributed by atoms with Crippen LogP contribution < -0.4 is 24.3 Å². The number of carbonyl (C=O) groups excluding carboxylic acids is 2. The van der Waals surface area contributed by atoms with E-state index in [0.717, 1.165) is 0 Å². The summed E-state index contributed by atoms with van der Waals surface area (Å²) in [5.41, 5.74) is 0.319. The molecule has 0 radical (unpaired) electrons. The number of ether oxygens (including phenoxy) is 4. The quantitative estimate of drug-likeness (QED) is 0.420. The number of nitrogens with zero attached hydrogens (tertiary/aromatic N) is 2. The Balaban J connectivity index is 2.40. The Bertz CT molecular complexity index is 1010. The lowest BCUT2D eigenvalue weighted by molar-refractivity contribution is -0.126. The van der Waals surface area contributed by atoms with Gasteiger partial charge >= 0.3 is 0 Å². The van der Waals surface area contributed by atoms with Gasteiger partial charge in [-0.2, -0.15) is 10.2 Å². The second kappa shape index (κ2) is 10.8. The summed E-state index contributed by atoms with van der Waals surface area (Å²) < 4.78 is 20.9. The lowest BCUT2D eigenvalue weighted by Gasteiger charge is -2.16. The van der Waals surface area contributed by atoms with E-state index in [0.29, 0.717) is 11.5 Å². The molecule has 31 heavy (non-hydrogen) atoms. The SMILES string of the molecule is COc1cc(Cl)c(OC)c(N=NC(C(C)=O)C(=O)Nc2c(Cl)ccc(OC)c2OC)c1. The summed E-state index contributed by atoms with van der Waals surface area (Å²) in [7, 11) is 5.69. The highest BCUT2D eigenvalue weighted by molar-refractivity contribution is 6.34. The maximum Gasteiger partial charge on any atom is 0.258 e. The Labute approximate surface area is 189 Å². The number of ketones is 1. The lowest BCUT2D eigenvalue weighted by Crippen LogP contribution is -2.32. The van der Waals surface area contributed by atoms with Gasteiger partial charge in [0.25, 0.3) is 5.91 Å². The maximum absolute atomic E-state index is 12.8. The largest absolute Gasteiger partial charge is 0.497 e. The first-order valence-corrected chi connectivity index (χ1v) is 9.57. The van der Waals surface area contributed by atoms with Gasteiger partial charge in [-0.05, 0) is 19.1 Å². The van der Waals surface area contributed by atoms with Gasteiger partial charge in [-0.1, -0.05) is 23.2 Å². The molecule has 1 unspecified atom stereocenters. The lowest BCUT2D eigenvalue weighted by atomic mass is 10.2. The number of rotatable bonds is 9. The average Bonchev–Trinajstić information content (AvgIpc) is 2.74. The molecule has 166 valence electrons. The van der Waals surface area contributed by atoms with E-state index >= 15 is 0 Å². The van der Waals surface area contributed by atoms with Gasteiger partial charge < -0.3 is 24.3 Å². The molecule has 0 fully saturated rings. The zero-order valence-corrected chi connectivity index (χ0v) is 19.0. The summed E-state index contributed by atoms with van der Waals surface area (Å²) in [5.74, 6) is -0.157. The summed E-state index contributed by atoms with van der Waals surface area (Å²) in [4.78, 5) is 24.9. The van der Waals surface area contributed by atoms with Crippen LogP contribution in [0.2, 0.25) is 10.0 Å². The first-order chi connectivity index (χ1) is 14.8. The first kappa shape index (κ1) is 24.2. The summed E-state index contributed by atoms with van der Waals surface area (Å²) in [6.07, 6.45) is 0. The summed E-state index contributed by atoms with van der Waals surface area (Å²) in [5, 5.41) is 10.9. The molecule has 0 saturated carbocycles. The van der Waals surface area contributed by atoms with Crippen molar-refractivity contribution in [3.63, 3.8) is 0 Å². The number of anilines is 1. The Kier molecular flexibility index (Phi) is 8.47. The monoisotopic (exact) mass is 469 g/mol. The van der Waals surface area contributed by atoms with Crippen LogP contribution in [-0.4, -0.2) is 46.2 Å². The Morgan fingerprint density at radius 2 is 1.61 bits per heavy atom. The molecule has 0 bridgehead atoms. The summed E-state index contributed by atoms with van der Waals surface area (Å²) in [6.45, 7) is 1.21. The van der Waals surface area contributed by atoms with Crippen LogP contribution in [0, 0.1) is 0 Å². The van der Waals surface area contributed by atoms with Gasteiger partial charge in [-0.3, -0.25) is 9.59 Å². The van der Waals surface area contributed by atoms with Crippen LogP contribution in [-0.2, 0) is 9.59 Å². The minimum Gasteiger partial charge on any atom is -0.497 e.